The zero-order valence-electron chi connectivity index (χ0n) is 19.2. The smallest absolute Gasteiger partial charge is 0.330 e. The van der Waals surface area contributed by atoms with Crippen LogP contribution in [0, 0.1) is 0 Å². The summed E-state index contributed by atoms with van der Waals surface area (Å²) in [5, 5.41) is 0. The fraction of sp³-hybridized carbons (Fsp3) is 0.500. The van der Waals surface area contributed by atoms with Gasteiger partial charge in [0.15, 0.2) is 0 Å². The number of rotatable bonds is 10. The van der Waals surface area contributed by atoms with E-state index >= 15 is 0 Å². The largest absolute Gasteiger partial charge is 0.459 e. The van der Waals surface area contributed by atoms with E-state index in [1.165, 1.54) is 36.0 Å². The highest BCUT2D eigenvalue weighted by Crippen LogP contribution is 2.35. The third-order valence-corrected chi connectivity index (χ3v) is 6.24. The van der Waals surface area contributed by atoms with Crippen molar-refractivity contribution in [2.45, 2.75) is 90.1 Å². The second kappa shape index (κ2) is 12.4. The van der Waals surface area contributed by atoms with Crippen LogP contribution in [0.15, 0.2) is 54.7 Å². The number of nitrogens with zero attached hydrogens (tertiary/aromatic N) is 1. The minimum Gasteiger partial charge on any atom is -0.459 e. The molecular formula is C28H37NO2. The van der Waals surface area contributed by atoms with Crippen molar-refractivity contribution in [2.75, 3.05) is 0 Å². The SMILES string of the molecule is CCCC=CC(=O)OC1CCC(c2ccc(-c3ccc(CCCCC)cn3)cc2)CC1. The molecule has 1 aliphatic carbocycles. The van der Waals surface area contributed by atoms with Crippen molar-refractivity contribution in [2.24, 2.45) is 0 Å². The van der Waals surface area contributed by atoms with E-state index in [9.17, 15) is 4.79 Å². The first kappa shape index (κ1) is 23.2. The molecule has 0 N–H and O–H groups in total. The molecule has 1 heterocycles. The summed E-state index contributed by atoms with van der Waals surface area (Å²) >= 11 is 0. The lowest BCUT2D eigenvalue weighted by Crippen LogP contribution is -2.23. The normalized spacial score (nSPS) is 18.9. The number of carbonyl (C=O) groups is 1. The van der Waals surface area contributed by atoms with Gasteiger partial charge >= 0.3 is 5.97 Å². The van der Waals surface area contributed by atoms with Gasteiger partial charge in [-0.2, -0.15) is 0 Å². The van der Waals surface area contributed by atoms with Crippen LogP contribution in [-0.4, -0.2) is 17.1 Å². The molecule has 0 atom stereocenters. The number of benzene rings is 1. The van der Waals surface area contributed by atoms with E-state index in [1.807, 2.05) is 12.3 Å². The van der Waals surface area contributed by atoms with Crippen molar-refractivity contribution in [1.29, 1.82) is 0 Å². The van der Waals surface area contributed by atoms with E-state index in [0.29, 0.717) is 5.92 Å². The Bertz CT molecular complexity index is 815. The Morgan fingerprint density at radius 3 is 2.42 bits per heavy atom. The van der Waals surface area contributed by atoms with Crippen molar-refractivity contribution in [3.8, 4) is 11.3 Å². The van der Waals surface area contributed by atoms with E-state index in [-0.39, 0.29) is 12.1 Å². The second-order valence-corrected chi connectivity index (χ2v) is 8.73. The molecule has 0 aliphatic heterocycles. The fourth-order valence-corrected chi connectivity index (χ4v) is 4.31. The van der Waals surface area contributed by atoms with Gasteiger partial charge in [0.25, 0.3) is 0 Å². The first-order valence-corrected chi connectivity index (χ1v) is 12.1. The molecule has 1 saturated carbocycles. The maximum Gasteiger partial charge on any atom is 0.330 e. The zero-order chi connectivity index (χ0) is 21.9. The number of hydrogen-bond donors (Lipinski definition) is 0. The van der Waals surface area contributed by atoms with Gasteiger partial charge < -0.3 is 4.74 Å². The van der Waals surface area contributed by atoms with E-state index < -0.39 is 0 Å². The average molecular weight is 420 g/mol. The van der Waals surface area contributed by atoms with Crippen LogP contribution in [0.5, 0.6) is 0 Å². The number of allylic oxidation sites excluding steroid dienone is 1. The van der Waals surface area contributed by atoms with Crippen molar-refractivity contribution in [3.63, 3.8) is 0 Å². The molecule has 1 aliphatic rings. The van der Waals surface area contributed by atoms with Crippen LogP contribution >= 0.6 is 0 Å². The van der Waals surface area contributed by atoms with Crippen molar-refractivity contribution >= 4 is 5.97 Å². The van der Waals surface area contributed by atoms with Gasteiger partial charge in [0.05, 0.1) is 5.69 Å². The van der Waals surface area contributed by atoms with Gasteiger partial charge in [-0.3, -0.25) is 4.98 Å². The summed E-state index contributed by atoms with van der Waals surface area (Å²) in [5.74, 6) is 0.360. The number of carbonyl (C=O) groups excluding carboxylic acids is 1. The third kappa shape index (κ3) is 7.34. The van der Waals surface area contributed by atoms with Gasteiger partial charge in [-0.15, -0.1) is 0 Å². The highest BCUT2D eigenvalue weighted by Gasteiger charge is 2.24. The summed E-state index contributed by atoms with van der Waals surface area (Å²) in [5.41, 5.74) is 4.92. The molecule has 1 aromatic carbocycles. The van der Waals surface area contributed by atoms with Crippen LogP contribution < -0.4 is 0 Å². The molecule has 0 saturated heterocycles. The van der Waals surface area contributed by atoms with Gasteiger partial charge in [0.1, 0.15) is 6.10 Å². The molecule has 0 amide bonds. The molecule has 3 rings (SSSR count). The molecule has 1 aromatic heterocycles. The van der Waals surface area contributed by atoms with E-state index in [0.717, 1.165) is 50.6 Å². The first-order valence-electron chi connectivity index (χ1n) is 12.1. The number of ether oxygens (including phenoxy) is 1. The quantitative estimate of drug-likeness (QED) is 0.229. The number of aryl methyl sites for hydroxylation is 1. The zero-order valence-corrected chi connectivity index (χ0v) is 19.2. The van der Waals surface area contributed by atoms with Gasteiger partial charge in [-0.1, -0.05) is 69.5 Å². The summed E-state index contributed by atoms with van der Waals surface area (Å²) in [6.07, 6.45) is 16.5. The molecule has 0 unspecified atom stereocenters. The van der Waals surface area contributed by atoms with Crippen LogP contribution in [0.25, 0.3) is 11.3 Å². The number of hydrogen-bond acceptors (Lipinski definition) is 3. The Hall–Kier alpha value is -2.42. The van der Waals surface area contributed by atoms with Crippen LogP contribution in [-0.2, 0) is 16.0 Å². The molecule has 2 aromatic rings. The summed E-state index contributed by atoms with van der Waals surface area (Å²) < 4.78 is 5.61. The number of pyridine rings is 1. The predicted molar refractivity (Wildman–Crippen MR) is 128 cm³/mol. The topological polar surface area (TPSA) is 39.2 Å². The molecular weight excluding hydrogens is 382 g/mol. The lowest BCUT2D eigenvalue weighted by Gasteiger charge is -2.28. The number of aromatic nitrogens is 1. The van der Waals surface area contributed by atoms with E-state index in [4.69, 9.17) is 4.74 Å². The molecule has 166 valence electrons. The minimum atomic E-state index is -0.190. The molecule has 0 bridgehead atoms. The van der Waals surface area contributed by atoms with Gasteiger partial charge in [-0.25, -0.2) is 4.79 Å². The van der Waals surface area contributed by atoms with Crippen LogP contribution in [0.1, 0.15) is 88.7 Å². The number of unbranched alkanes of at least 4 members (excludes halogenated alkanes) is 3. The maximum absolute atomic E-state index is 11.9. The van der Waals surface area contributed by atoms with Gasteiger partial charge in [0, 0.05) is 17.8 Å². The molecule has 1 fully saturated rings. The fourth-order valence-electron chi connectivity index (χ4n) is 4.31. The lowest BCUT2D eigenvalue weighted by atomic mass is 9.82. The Labute approximate surface area is 187 Å². The number of esters is 1. The van der Waals surface area contributed by atoms with Crippen LogP contribution in [0.4, 0.5) is 0 Å². The van der Waals surface area contributed by atoms with Crippen LogP contribution in [0.3, 0.4) is 0 Å². The van der Waals surface area contributed by atoms with Crippen molar-refractivity contribution in [3.05, 3.63) is 65.9 Å². The molecule has 31 heavy (non-hydrogen) atoms. The third-order valence-electron chi connectivity index (χ3n) is 6.24. The highest BCUT2D eigenvalue weighted by molar-refractivity contribution is 5.82. The molecule has 0 spiro atoms. The molecule has 0 radical (unpaired) electrons. The summed E-state index contributed by atoms with van der Waals surface area (Å²) in [4.78, 5) is 16.6. The lowest BCUT2D eigenvalue weighted by molar-refractivity contribution is -0.144. The van der Waals surface area contributed by atoms with Gasteiger partial charge in [-0.05, 0) is 68.1 Å². The predicted octanol–water partition coefficient (Wildman–Crippen LogP) is 7.41. The monoisotopic (exact) mass is 419 g/mol. The average Bonchev–Trinajstić information content (AvgIpc) is 2.81. The Kier molecular flexibility index (Phi) is 9.33. The summed E-state index contributed by atoms with van der Waals surface area (Å²) in [6, 6.07) is 13.2. The first-order chi connectivity index (χ1) is 15.2. The highest BCUT2D eigenvalue weighted by atomic mass is 16.5. The minimum absolute atomic E-state index is 0.0642. The second-order valence-electron chi connectivity index (χ2n) is 8.73. The van der Waals surface area contributed by atoms with E-state index in [1.54, 1.807) is 6.08 Å². The van der Waals surface area contributed by atoms with E-state index in [2.05, 4.69) is 55.2 Å². The summed E-state index contributed by atoms with van der Waals surface area (Å²) in [6.45, 7) is 4.34. The molecule has 3 nitrogen and oxygen atoms in total. The molecule has 3 heteroatoms. The standard InChI is InChI=1S/C28H37NO2/c1-3-5-7-9-22-11-20-27(29-21-22)25-14-12-23(13-15-25)24-16-18-26(19-17-24)31-28(30)10-8-6-4-2/h8,10-15,20-21,24,26H,3-7,9,16-19H2,1-2H3. The van der Waals surface area contributed by atoms with Crippen LogP contribution in [0.2, 0.25) is 0 Å². The summed E-state index contributed by atoms with van der Waals surface area (Å²) in [7, 11) is 0. The van der Waals surface area contributed by atoms with Crippen molar-refractivity contribution in [1.82, 2.24) is 4.98 Å². The maximum atomic E-state index is 11.9. The van der Waals surface area contributed by atoms with Gasteiger partial charge in [0.2, 0.25) is 0 Å². The Morgan fingerprint density at radius 1 is 1.00 bits per heavy atom. The Morgan fingerprint density at radius 2 is 1.77 bits per heavy atom. The Balaban J connectivity index is 1.49. The van der Waals surface area contributed by atoms with Crippen molar-refractivity contribution < 1.29 is 9.53 Å².